The first-order chi connectivity index (χ1) is 13.2. The normalized spacial score (nSPS) is 24.1. The Morgan fingerprint density at radius 1 is 0.750 bits per heavy atom. The Hall–Kier alpha value is -2.00. The molecule has 2 aromatic carbocycles. The molecule has 4 rings (SSSR count). The highest BCUT2D eigenvalue weighted by Crippen LogP contribution is 2.41. The molecule has 1 N–H and O–H groups in total. The van der Waals surface area contributed by atoms with Crippen LogP contribution in [0.3, 0.4) is 0 Å². The lowest BCUT2D eigenvalue weighted by atomic mass is 9.94. The van der Waals surface area contributed by atoms with E-state index in [4.69, 9.17) is 0 Å². The summed E-state index contributed by atoms with van der Waals surface area (Å²) in [5.41, 5.74) is 2.16. The highest BCUT2D eigenvalue weighted by Gasteiger charge is 2.43. The summed E-state index contributed by atoms with van der Waals surface area (Å²) in [6.45, 7) is 0. The Labute approximate surface area is 158 Å². The summed E-state index contributed by atoms with van der Waals surface area (Å²) in [4.78, 5) is -1.83. The molecule has 2 unspecified atom stereocenters. The number of hydrogen-bond acceptors (Lipinski definition) is 2. The van der Waals surface area contributed by atoms with Gasteiger partial charge in [-0.3, -0.25) is 0 Å². The van der Waals surface area contributed by atoms with Crippen LogP contribution >= 0.6 is 0 Å². The van der Waals surface area contributed by atoms with Crippen molar-refractivity contribution < 1.29 is 30.4 Å². The van der Waals surface area contributed by atoms with Gasteiger partial charge in [0, 0.05) is 6.04 Å². The minimum Gasteiger partial charge on any atom is -0.207 e. The van der Waals surface area contributed by atoms with Gasteiger partial charge in [-0.15, -0.1) is 0 Å². The minimum absolute atomic E-state index is 0.121. The number of rotatable bonds is 3. The van der Waals surface area contributed by atoms with Crippen molar-refractivity contribution >= 4 is 10.0 Å². The maximum atomic E-state index is 14.0. The molecule has 9 heteroatoms. The maximum Gasteiger partial charge on any atom is 0.246 e. The van der Waals surface area contributed by atoms with Crippen LogP contribution in [0.25, 0.3) is 0 Å². The first kappa shape index (κ1) is 19.3. The lowest BCUT2D eigenvalue weighted by Crippen LogP contribution is -2.42. The molecule has 0 radical (unpaired) electrons. The molecule has 2 aliphatic rings. The first-order valence-corrected chi connectivity index (χ1v) is 10.3. The lowest BCUT2D eigenvalue weighted by molar-refractivity contribution is 0.352. The van der Waals surface area contributed by atoms with Gasteiger partial charge in [0.2, 0.25) is 15.8 Å². The van der Waals surface area contributed by atoms with Crippen LogP contribution in [0, 0.1) is 40.9 Å². The molecule has 0 spiro atoms. The van der Waals surface area contributed by atoms with Gasteiger partial charge in [-0.2, -0.15) is 0 Å². The molecule has 0 aromatic heterocycles. The molecule has 0 amide bonds. The minimum atomic E-state index is -4.96. The van der Waals surface area contributed by atoms with E-state index in [-0.39, 0.29) is 11.8 Å². The van der Waals surface area contributed by atoms with Crippen LogP contribution in [0.1, 0.15) is 24.0 Å². The third kappa shape index (κ3) is 3.00. The second-order valence-corrected chi connectivity index (χ2v) is 8.97. The number of nitrogens with one attached hydrogen (secondary N) is 1. The Bertz CT molecular complexity index is 995. The van der Waals surface area contributed by atoms with Crippen molar-refractivity contribution in [2.75, 3.05) is 0 Å². The molecule has 1 saturated carbocycles. The predicted octanol–water partition coefficient (Wildman–Crippen LogP) is 3.85. The van der Waals surface area contributed by atoms with E-state index in [2.05, 4.69) is 4.72 Å². The second kappa shape index (κ2) is 6.81. The average Bonchev–Trinajstić information content (AvgIpc) is 2.91. The van der Waals surface area contributed by atoms with Gasteiger partial charge in [-0.25, -0.2) is 35.1 Å². The zero-order valence-corrected chi connectivity index (χ0v) is 15.3. The maximum absolute atomic E-state index is 14.0. The van der Waals surface area contributed by atoms with E-state index in [1.807, 2.05) is 24.3 Å². The molecule has 150 valence electrons. The molecule has 2 bridgehead atoms. The van der Waals surface area contributed by atoms with Crippen molar-refractivity contribution in [2.24, 2.45) is 11.8 Å². The summed E-state index contributed by atoms with van der Waals surface area (Å²) >= 11 is 0. The Balaban J connectivity index is 1.71. The zero-order valence-electron chi connectivity index (χ0n) is 14.5. The van der Waals surface area contributed by atoms with E-state index in [1.165, 1.54) is 0 Å². The fourth-order valence-electron chi connectivity index (χ4n) is 4.40. The molecule has 2 atom stereocenters. The molecule has 2 aliphatic carbocycles. The van der Waals surface area contributed by atoms with Crippen LogP contribution in [0.5, 0.6) is 0 Å². The standard InChI is InChI=1S/C19H16F5NO2S/c20-13-14(21)16(23)19(17(24)15(13)22)28(26,27)25-18-11-5-6-12(18)8-10-4-2-1-3-9(10)7-11/h1-4,11-12,18,25H,5-8H2. The van der Waals surface area contributed by atoms with Crippen LogP contribution in [-0.4, -0.2) is 14.5 Å². The SMILES string of the molecule is O=S(=O)(NC1C2CCC1Cc1ccccc1C2)c1c(F)c(F)c(F)c(F)c1F. The third-order valence-corrected chi connectivity index (χ3v) is 7.21. The van der Waals surface area contributed by atoms with Crippen molar-refractivity contribution in [1.29, 1.82) is 0 Å². The zero-order chi connectivity index (χ0) is 20.2. The van der Waals surface area contributed by atoms with Crippen molar-refractivity contribution in [1.82, 2.24) is 4.72 Å². The average molecular weight is 417 g/mol. The van der Waals surface area contributed by atoms with E-state index in [9.17, 15) is 30.4 Å². The number of benzene rings is 2. The summed E-state index contributed by atoms with van der Waals surface area (Å²) < 4.78 is 95.7. The largest absolute Gasteiger partial charge is 0.246 e. The topological polar surface area (TPSA) is 46.2 Å². The molecule has 0 aliphatic heterocycles. The number of halogens is 5. The Morgan fingerprint density at radius 3 is 1.64 bits per heavy atom. The van der Waals surface area contributed by atoms with Crippen LogP contribution in [0.4, 0.5) is 22.0 Å². The van der Waals surface area contributed by atoms with Crippen LogP contribution in [0.2, 0.25) is 0 Å². The van der Waals surface area contributed by atoms with Gasteiger partial charge in [0.1, 0.15) is 0 Å². The molecule has 2 aromatic rings. The predicted molar refractivity (Wildman–Crippen MR) is 90.4 cm³/mol. The van der Waals surface area contributed by atoms with E-state index in [1.54, 1.807) is 0 Å². The van der Waals surface area contributed by atoms with E-state index < -0.39 is 50.0 Å². The van der Waals surface area contributed by atoms with Crippen molar-refractivity contribution in [3.05, 3.63) is 64.5 Å². The van der Waals surface area contributed by atoms with Crippen molar-refractivity contribution in [3.8, 4) is 0 Å². The fraction of sp³-hybridized carbons (Fsp3) is 0.368. The number of hydrogen-bond donors (Lipinski definition) is 1. The van der Waals surface area contributed by atoms with Gasteiger partial charge in [-0.05, 0) is 48.6 Å². The fourth-order valence-corrected chi connectivity index (χ4v) is 5.91. The summed E-state index contributed by atoms with van der Waals surface area (Å²) in [7, 11) is -4.96. The van der Waals surface area contributed by atoms with Gasteiger partial charge < -0.3 is 0 Å². The Morgan fingerprint density at radius 2 is 1.18 bits per heavy atom. The quantitative estimate of drug-likeness (QED) is 0.469. The van der Waals surface area contributed by atoms with Crippen LogP contribution in [-0.2, 0) is 22.9 Å². The van der Waals surface area contributed by atoms with Gasteiger partial charge in [0.15, 0.2) is 28.2 Å². The third-order valence-electron chi connectivity index (χ3n) is 5.74. The van der Waals surface area contributed by atoms with Gasteiger partial charge >= 0.3 is 0 Å². The van der Waals surface area contributed by atoms with E-state index in [0.717, 1.165) is 11.1 Å². The highest BCUT2D eigenvalue weighted by atomic mass is 32.2. The van der Waals surface area contributed by atoms with E-state index >= 15 is 0 Å². The van der Waals surface area contributed by atoms with Crippen molar-refractivity contribution in [3.63, 3.8) is 0 Å². The molecular weight excluding hydrogens is 401 g/mol. The van der Waals surface area contributed by atoms with Crippen molar-refractivity contribution in [2.45, 2.75) is 36.6 Å². The van der Waals surface area contributed by atoms with Crippen LogP contribution < -0.4 is 4.72 Å². The van der Waals surface area contributed by atoms with Crippen LogP contribution in [0.15, 0.2) is 29.2 Å². The molecule has 3 nitrogen and oxygen atoms in total. The van der Waals surface area contributed by atoms with Gasteiger partial charge in [0.25, 0.3) is 0 Å². The second-order valence-electron chi connectivity index (χ2n) is 7.32. The molecule has 1 fully saturated rings. The summed E-state index contributed by atoms with van der Waals surface area (Å²) in [5, 5.41) is 0. The van der Waals surface area contributed by atoms with Gasteiger partial charge in [-0.1, -0.05) is 24.3 Å². The number of fused-ring (bicyclic) bond motifs is 3. The highest BCUT2D eigenvalue weighted by molar-refractivity contribution is 7.89. The summed E-state index contributed by atoms with van der Waals surface area (Å²) in [6.07, 6.45) is 2.58. The molecule has 0 heterocycles. The molecular formula is C19H16F5NO2S. The summed E-state index contributed by atoms with van der Waals surface area (Å²) in [6, 6.07) is 7.02. The van der Waals surface area contributed by atoms with E-state index in [0.29, 0.717) is 25.7 Å². The molecule has 28 heavy (non-hydrogen) atoms. The lowest BCUT2D eigenvalue weighted by Gasteiger charge is -2.24. The summed E-state index contributed by atoms with van der Waals surface area (Å²) in [5.74, 6) is -11.9. The number of sulfonamides is 1. The molecule has 0 saturated heterocycles. The monoisotopic (exact) mass is 417 g/mol. The first-order valence-electron chi connectivity index (χ1n) is 8.81. The smallest absolute Gasteiger partial charge is 0.207 e. The Kier molecular flexibility index (Phi) is 4.70. The van der Waals surface area contributed by atoms with Gasteiger partial charge in [0.05, 0.1) is 0 Å².